The third kappa shape index (κ3) is 3.35. The van der Waals surface area contributed by atoms with Gasteiger partial charge in [0, 0.05) is 12.2 Å². The van der Waals surface area contributed by atoms with Gasteiger partial charge in [0.1, 0.15) is 5.69 Å². The van der Waals surface area contributed by atoms with Crippen LogP contribution in [0.3, 0.4) is 0 Å². The van der Waals surface area contributed by atoms with E-state index >= 15 is 0 Å². The fraction of sp³-hybridized carbons (Fsp3) is 0.222. The summed E-state index contributed by atoms with van der Waals surface area (Å²) in [6.07, 6.45) is 2.70. The summed E-state index contributed by atoms with van der Waals surface area (Å²) >= 11 is 1.58. The van der Waals surface area contributed by atoms with Gasteiger partial charge < -0.3 is 5.32 Å². The summed E-state index contributed by atoms with van der Waals surface area (Å²) in [4.78, 5) is 13.6. The van der Waals surface area contributed by atoms with Crippen LogP contribution in [0.2, 0.25) is 0 Å². The predicted molar refractivity (Wildman–Crippen MR) is 94.1 cm³/mol. The second-order valence-electron chi connectivity index (χ2n) is 5.43. The van der Waals surface area contributed by atoms with Gasteiger partial charge in [0.15, 0.2) is 0 Å². The fourth-order valence-corrected chi connectivity index (χ4v) is 2.98. The summed E-state index contributed by atoms with van der Waals surface area (Å²) in [6.45, 7) is 4.06. The monoisotopic (exact) mass is 325 g/mol. The highest BCUT2D eigenvalue weighted by Crippen LogP contribution is 2.27. The number of rotatable bonds is 5. The highest BCUT2D eigenvalue weighted by atomic mass is 32.1. The summed E-state index contributed by atoms with van der Waals surface area (Å²) in [5, 5.41) is 9.66. The van der Waals surface area contributed by atoms with Gasteiger partial charge in [-0.15, -0.1) is 11.3 Å². The second-order valence-corrected chi connectivity index (χ2v) is 6.38. The maximum Gasteiger partial charge on any atom is 0.255 e. The SMILES string of the molecule is CCC(C)NC(=O)c1cn(-c2ccccc2)nc1-c1cccs1. The third-order valence-electron chi connectivity index (χ3n) is 3.72. The molecule has 1 atom stereocenters. The molecule has 1 amide bonds. The van der Waals surface area contributed by atoms with Gasteiger partial charge in [-0.1, -0.05) is 31.2 Å². The van der Waals surface area contributed by atoms with Crippen molar-refractivity contribution < 1.29 is 4.79 Å². The standard InChI is InChI=1S/C18H19N3OS/c1-3-13(2)19-18(22)15-12-21(14-8-5-4-6-9-14)20-17(15)16-10-7-11-23-16/h4-13H,3H2,1-2H3,(H,19,22). The number of benzene rings is 1. The van der Waals surface area contributed by atoms with Crippen molar-refractivity contribution in [2.75, 3.05) is 0 Å². The van der Waals surface area contributed by atoms with E-state index in [9.17, 15) is 4.79 Å². The van der Waals surface area contributed by atoms with Crippen LogP contribution < -0.4 is 5.32 Å². The van der Waals surface area contributed by atoms with Gasteiger partial charge in [0.25, 0.3) is 5.91 Å². The molecule has 0 saturated heterocycles. The van der Waals surface area contributed by atoms with Crippen molar-refractivity contribution in [2.45, 2.75) is 26.3 Å². The minimum Gasteiger partial charge on any atom is -0.349 e. The highest BCUT2D eigenvalue weighted by molar-refractivity contribution is 7.13. The lowest BCUT2D eigenvalue weighted by atomic mass is 10.2. The van der Waals surface area contributed by atoms with Gasteiger partial charge >= 0.3 is 0 Å². The second kappa shape index (κ2) is 6.79. The number of nitrogens with one attached hydrogen (secondary N) is 1. The molecule has 4 nitrogen and oxygen atoms in total. The Labute approximate surface area is 139 Å². The van der Waals surface area contributed by atoms with Gasteiger partial charge in [-0.2, -0.15) is 5.10 Å². The quantitative estimate of drug-likeness (QED) is 0.767. The molecular formula is C18H19N3OS. The predicted octanol–water partition coefficient (Wildman–Crippen LogP) is 4.13. The number of thiophene rings is 1. The Balaban J connectivity index is 2.03. The smallest absolute Gasteiger partial charge is 0.255 e. The molecule has 2 heterocycles. The van der Waals surface area contributed by atoms with Crippen molar-refractivity contribution in [3.05, 3.63) is 59.6 Å². The number of para-hydroxylation sites is 1. The van der Waals surface area contributed by atoms with E-state index in [1.54, 1.807) is 16.0 Å². The normalized spacial score (nSPS) is 12.1. The molecule has 5 heteroatoms. The first-order valence-corrected chi connectivity index (χ1v) is 8.57. The van der Waals surface area contributed by atoms with Gasteiger partial charge in [-0.05, 0) is 36.9 Å². The van der Waals surface area contributed by atoms with Crippen molar-refractivity contribution in [1.82, 2.24) is 15.1 Å². The zero-order chi connectivity index (χ0) is 16.2. The first-order valence-electron chi connectivity index (χ1n) is 7.69. The molecule has 0 saturated carbocycles. The van der Waals surface area contributed by atoms with Gasteiger partial charge in [0.2, 0.25) is 0 Å². The average Bonchev–Trinajstić information content (AvgIpc) is 3.24. The number of carbonyl (C=O) groups is 1. The Kier molecular flexibility index (Phi) is 4.57. The van der Waals surface area contributed by atoms with Gasteiger partial charge in [-0.3, -0.25) is 4.79 Å². The molecule has 0 aliphatic rings. The molecule has 0 aliphatic heterocycles. The van der Waals surface area contributed by atoms with Crippen LogP contribution in [0.25, 0.3) is 16.3 Å². The summed E-state index contributed by atoms with van der Waals surface area (Å²) < 4.78 is 1.76. The van der Waals surface area contributed by atoms with Gasteiger partial charge in [-0.25, -0.2) is 4.68 Å². The Bertz CT molecular complexity index is 778. The lowest BCUT2D eigenvalue weighted by Crippen LogP contribution is -2.32. The van der Waals surface area contributed by atoms with E-state index < -0.39 is 0 Å². The first kappa shape index (κ1) is 15.5. The lowest BCUT2D eigenvalue weighted by molar-refractivity contribution is 0.0940. The Hall–Kier alpha value is -2.40. The van der Waals surface area contributed by atoms with Crippen molar-refractivity contribution >= 4 is 17.2 Å². The Morgan fingerprint density at radius 3 is 2.70 bits per heavy atom. The minimum atomic E-state index is -0.0788. The van der Waals surface area contributed by atoms with Crippen LogP contribution in [0.1, 0.15) is 30.6 Å². The van der Waals surface area contributed by atoms with Crippen molar-refractivity contribution in [2.24, 2.45) is 0 Å². The zero-order valence-corrected chi connectivity index (χ0v) is 14.0. The topological polar surface area (TPSA) is 46.9 Å². The molecule has 0 spiro atoms. The summed E-state index contributed by atoms with van der Waals surface area (Å²) in [5.41, 5.74) is 2.27. The van der Waals surface area contributed by atoms with E-state index in [0.29, 0.717) is 5.56 Å². The molecule has 1 aromatic carbocycles. The van der Waals surface area contributed by atoms with Crippen LogP contribution in [0, 0.1) is 0 Å². The fourth-order valence-electron chi connectivity index (χ4n) is 2.25. The molecule has 2 aromatic heterocycles. The van der Waals surface area contributed by atoms with Crippen molar-refractivity contribution in [3.8, 4) is 16.3 Å². The Morgan fingerprint density at radius 1 is 1.26 bits per heavy atom. The molecule has 0 aliphatic carbocycles. The maximum absolute atomic E-state index is 12.6. The zero-order valence-electron chi connectivity index (χ0n) is 13.2. The Morgan fingerprint density at radius 2 is 2.04 bits per heavy atom. The van der Waals surface area contributed by atoms with Gasteiger partial charge in [0.05, 0.1) is 16.1 Å². The minimum absolute atomic E-state index is 0.0788. The lowest BCUT2D eigenvalue weighted by Gasteiger charge is -2.10. The number of hydrogen-bond acceptors (Lipinski definition) is 3. The number of carbonyl (C=O) groups excluding carboxylic acids is 1. The number of amides is 1. The highest BCUT2D eigenvalue weighted by Gasteiger charge is 2.20. The third-order valence-corrected chi connectivity index (χ3v) is 4.60. The number of hydrogen-bond donors (Lipinski definition) is 1. The largest absolute Gasteiger partial charge is 0.349 e. The molecule has 3 aromatic rings. The molecule has 23 heavy (non-hydrogen) atoms. The molecule has 1 unspecified atom stereocenters. The molecule has 0 bridgehead atoms. The van der Waals surface area contributed by atoms with Crippen LogP contribution in [-0.4, -0.2) is 21.7 Å². The van der Waals surface area contributed by atoms with Crippen molar-refractivity contribution in [3.63, 3.8) is 0 Å². The van der Waals surface area contributed by atoms with E-state index in [1.807, 2.05) is 61.0 Å². The summed E-state index contributed by atoms with van der Waals surface area (Å²) in [6, 6.07) is 13.9. The maximum atomic E-state index is 12.6. The molecule has 1 N–H and O–H groups in total. The van der Waals surface area contributed by atoms with E-state index in [4.69, 9.17) is 0 Å². The van der Waals surface area contributed by atoms with E-state index in [-0.39, 0.29) is 11.9 Å². The summed E-state index contributed by atoms with van der Waals surface area (Å²) in [7, 11) is 0. The molecule has 0 radical (unpaired) electrons. The molecular weight excluding hydrogens is 306 g/mol. The molecule has 118 valence electrons. The number of nitrogens with zero attached hydrogens (tertiary/aromatic N) is 2. The van der Waals surface area contributed by atoms with Crippen LogP contribution in [0.4, 0.5) is 0 Å². The van der Waals surface area contributed by atoms with Crippen molar-refractivity contribution in [1.29, 1.82) is 0 Å². The average molecular weight is 325 g/mol. The van der Waals surface area contributed by atoms with Crippen LogP contribution in [0.5, 0.6) is 0 Å². The molecule has 0 fully saturated rings. The number of aromatic nitrogens is 2. The summed E-state index contributed by atoms with van der Waals surface area (Å²) in [5.74, 6) is -0.0788. The van der Waals surface area contributed by atoms with E-state index in [2.05, 4.69) is 17.3 Å². The van der Waals surface area contributed by atoms with E-state index in [0.717, 1.165) is 22.7 Å². The molecule has 3 rings (SSSR count). The van der Waals surface area contributed by atoms with E-state index in [1.165, 1.54) is 0 Å². The van der Waals surface area contributed by atoms with Crippen LogP contribution in [-0.2, 0) is 0 Å². The first-order chi connectivity index (χ1) is 11.2. The van der Waals surface area contributed by atoms with Crippen LogP contribution >= 0.6 is 11.3 Å². The van der Waals surface area contributed by atoms with Crippen LogP contribution in [0.15, 0.2) is 54.0 Å².